The van der Waals surface area contributed by atoms with Gasteiger partial charge in [0, 0.05) is 13.0 Å². The van der Waals surface area contributed by atoms with Crippen molar-refractivity contribution in [3.8, 4) is 0 Å². The minimum absolute atomic E-state index is 0.0257. The molecule has 1 saturated heterocycles. The van der Waals surface area contributed by atoms with Crippen LogP contribution in [0.25, 0.3) is 0 Å². The highest BCUT2D eigenvalue weighted by molar-refractivity contribution is 5.95. The first-order chi connectivity index (χ1) is 9.08. The quantitative estimate of drug-likeness (QED) is 0.890. The van der Waals surface area contributed by atoms with Gasteiger partial charge in [0.1, 0.15) is 12.4 Å². The van der Waals surface area contributed by atoms with Crippen LogP contribution in [0.5, 0.6) is 0 Å². The number of amides is 1. The van der Waals surface area contributed by atoms with Crippen molar-refractivity contribution in [1.82, 2.24) is 0 Å². The Balaban J connectivity index is 2.21. The number of halogens is 1. The molecule has 102 valence electrons. The zero-order valence-corrected chi connectivity index (χ0v) is 10.3. The number of anilines is 1. The fourth-order valence-corrected chi connectivity index (χ4v) is 1.94. The van der Waals surface area contributed by atoms with Gasteiger partial charge in [-0.15, -0.1) is 0 Å². The van der Waals surface area contributed by atoms with Crippen molar-refractivity contribution < 1.29 is 23.8 Å². The number of rotatable bonds is 4. The van der Waals surface area contributed by atoms with Crippen LogP contribution in [0.1, 0.15) is 12.0 Å². The van der Waals surface area contributed by atoms with E-state index in [2.05, 4.69) is 0 Å². The molecule has 1 aliphatic rings. The Morgan fingerprint density at radius 2 is 2.26 bits per heavy atom. The Labute approximate surface area is 109 Å². The average molecular weight is 267 g/mol. The highest BCUT2D eigenvalue weighted by Crippen LogP contribution is 2.23. The molecule has 0 unspecified atom stereocenters. The number of aliphatic carboxylic acids is 1. The molecule has 1 aliphatic heterocycles. The number of ether oxygens (including phenoxy) is 1. The highest BCUT2D eigenvalue weighted by atomic mass is 19.1. The Morgan fingerprint density at radius 1 is 1.47 bits per heavy atom. The fourth-order valence-electron chi connectivity index (χ4n) is 1.94. The van der Waals surface area contributed by atoms with Gasteiger partial charge in [0.25, 0.3) is 5.91 Å². The molecule has 0 aromatic heterocycles. The van der Waals surface area contributed by atoms with Crippen molar-refractivity contribution in [3.05, 3.63) is 29.6 Å². The van der Waals surface area contributed by atoms with E-state index in [4.69, 9.17) is 9.84 Å². The number of aryl methyl sites for hydroxylation is 1. The molecule has 1 heterocycles. The van der Waals surface area contributed by atoms with Crippen LogP contribution in [-0.2, 0) is 20.7 Å². The zero-order valence-electron chi connectivity index (χ0n) is 10.3. The van der Waals surface area contributed by atoms with Crippen molar-refractivity contribution in [2.75, 3.05) is 24.7 Å². The van der Waals surface area contributed by atoms with E-state index < -0.39 is 11.8 Å². The number of hydrogen-bond acceptors (Lipinski definition) is 3. The van der Waals surface area contributed by atoms with E-state index in [1.54, 1.807) is 0 Å². The minimum atomic E-state index is -0.909. The van der Waals surface area contributed by atoms with Gasteiger partial charge in [0.2, 0.25) is 0 Å². The molecule has 1 aromatic carbocycles. The Hall–Kier alpha value is -1.95. The summed E-state index contributed by atoms with van der Waals surface area (Å²) in [6.45, 7) is 0.613. The van der Waals surface area contributed by atoms with Crippen LogP contribution in [0.4, 0.5) is 10.1 Å². The third-order valence-corrected chi connectivity index (χ3v) is 2.91. The molecule has 0 aliphatic carbocycles. The van der Waals surface area contributed by atoms with Crippen molar-refractivity contribution in [2.24, 2.45) is 0 Å². The Bertz CT molecular complexity index is 503. The van der Waals surface area contributed by atoms with E-state index in [0.29, 0.717) is 25.1 Å². The molecular formula is C13H14FNO4. The number of hydrogen-bond donors (Lipinski definition) is 1. The van der Waals surface area contributed by atoms with Crippen LogP contribution < -0.4 is 4.90 Å². The zero-order chi connectivity index (χ0) is 13.8. The molecule has 0 bridgehead atoms. The number of carbonyl (C=O) groups excluding carboxylic acids is 1. The maximum atomic E-state index is 13.8. The van der Waals surface area contributed by atoms with Crippen molar-refractivity contribution in [1.29, 1.82) is 0 Å². The van der Waals surface area contributed by atoms with Gasteiger partial charge in [0.15, 0.2) is 0 Å². The second kappa shape index (κ2) is 5.79. The van der Waals surface area contributed by atoms with Gasteiger partial charge >= 0.3 is 5.97 Å². The standard InChI is InChI=1S/C13H14FNO4/c14-10-3-1-9(2-4-13(17)18)7-11(10)15-5-6-19-8-12(15)16/h1,3,7H,2,4-6,8H2,(H,17,18). The largest absolute Gasteiger partial charge is 0.481 e. The number of carbonyl (C=O) groups is 2. The lowest BCUT2D eigenvalue weighted by Gasteiger charge is -2.27. The first-order valence-electron chi connectivity index (χ1n) is 5.96. The number of nitrogens with zero attached hydrogens (tertiary/aromatic N) is 1. The van der Waals surface area contributed by atoms with Crippen LogP contribution in [0.2, 0.25) is 0 Å². The molecule has 1 N–H and O–H groups in total. The maximum absolute atomic E-state index is 13.8. The summed E-state index contributed by atoms with van der Waals surface area (Å²) in [5.74, 6) is -1.69. The highest BCUT2D eigenvalue weighted by Gasteiger charge is 2.23. The van der Waals surface area contributed by atoms with Gasteiger partial charge in [-0.2, -0.15) is 0 Å². The molecule has 0 atom stereocenters. The van der Waals surface area contributed by atoms with E-state index in [-0.39, 0.29) is 24.6 Å². The lowest BCUT2D eigenvalue weighted by molar-refractivity contribution is -0.137. The Morgan fingerprint density at radius 3 is 2.95 bits per heavy atom. The first-order valence-corrected chi connectivity index (χ1v) is 5.96. The summed E-state index contributed by atoms with van der Waals surface area (Å²) >= 11 is 0. The van der Waals surface area contributed by atoms with Crippen LogP contribution >= 0.6 is 0 Å². The normalized spacial score (nSPS) is 15.6. The van der Waals surface area contributed by atoms with E-state index in [9.17, 15) is 14.0 Å². The summed E-state index contributed by atoms with van der Waals surface area (Å²) in [5.41, 5.74) is 0.884. The predicted molar refractivity (Wildman–Crippen MR) is 65.5 cm³/mol. The number of benzene rings is 1. The topological polar surface area (TPSA) is 66.8 Å². The average Bonchev–Trinajstić information content (AvgIpc) is 2.38. The summed E-state index contributed by atoms with van der Waals surface area (Å²) < 4.78 is 18.8. The molecule has 0 radical (unpaired) electrons. The van der Waals surface area contributed by atoms with Gasteiger partial charge in [0.05, 0.1) is 12.3 Å². The van der Waals surface area contributed by atoms with Gasteiger partial charge < -0.3 is 14.7 Å². The molecule has 5 nitrogen and oxygen atoms in total. The van der Waals surface area contributed by atoms with Crippen molar-refractivity contribution >= 4 is 17.6 Å². The lowest BCUT2D eigenvalue weighted by atomic mass is 10.1. The molecule has 0 saturated carbocycles. The summed E-state index contributed by atoms with van der Waals surface area (Å²) in [6.07, 6.45) is 0.281. The van der Waals surface area contributed by atoms with Gasteiger partial charge in [-0.25, -0.2) is 4.39 Å². The van der Waals surface area contributed by atoms with Crippen LogP contribution in [-0.4, -0.2) is 36.7 Å². The molecule has 19 heavy (non-hydrogen) atoms. The summed E-state index contributed by atoms with van der Waals surface area (Å²) in [7, 11) is 0. The molecule has 0 spiro atoms. The van der Waals surface area contributed by atoms with E-state index in [1.165, 1.54) is 23.1 Å². The molecular weight excluding hydrogens is 253 g/mol. The number of carboxylic acids is 1. The summed E-state index contributed by atoms with van der Waals surface area (Å²) in [4.78, 5) is 23.5. The van der Waals surface area contributed by atoms with Crippen molar-refractivity contribution in [3.63, 3.8) is 0 Å². The SMILES string of the molecule is O=C(O)CCc1ccc(F)c(N2CCOCC2=O)c1. The molecule has 6 heteroatoms. The summed E-state index contributed by atoms with van der Waals surface area (Å²) in [5, 5.41) is 8.63. The van der Waals surface area contributed by atoms with Crippen LogP contribution in [0, 0.1) is 5.82 Å². The number of morpholine rings is 1. The Kier molecular flexibility index (Phi) is 4.11. The third kappa shape index (κ3) is 3.29. The first kappa shape index (κ1) is 13.5. The second-order valence-electron chi connectivity index (χ2n) is 4.28. The monoisotopic (exact) mass is 267 g/mol. The van der Waals surface area contributed by atoms with E-state index in [0.717, 1.165) is 0 Å². The van der Waals surface area contributed by atoms with Gasteiger partial charge in [-0.05, 0) is 24.1 Å². The molecule has 1 aromatic rings. The van der Waals surface area contributed by atoms with E-state index in [1.807, 2.05) is 0 Å². The smallest absolute Gasteiger partial charge is 0.303 e. The molecule has 2 rings (SSSR count). The van der Waals surface area contributed by atoms with Gasteiger partial charge in [-0.3, -0.25) is 9.59 Å². The van der Waals surface area contributed by atoms with Crippen LogP contribution in [0.3, 0.4) is 0 Å². The van der Waals surface area contributed by atoms with Gasteiger partial charge in [-0.1, -0.05) is 6.07 Å². The number of carboxylic acid groups (broad SMARTS) is 1. The molecule has 1 fully saturated rings. The fraction of sp³-hybridized carbons (Fsp3) is 0.385. The second-order valence-corrected chi connectivity index (χ2v) is 4.28. The van der Waals surface area contributed by atoms with E-state index >= 15 is 0 Å². The minimum Gasteiger partial charge on any atom is -0.481 e. The summed E-state index contributed by atoms with van der Waals surface area (Å²) in [6, 6.07) is 4.32. The molecule has 1 amide bonds. The maximum Gasteiger partial charge on any atom is 0.303 e. The lowest BCUT2D eigenvalue weighted by Crippen LogP contribution is -2.42. The van der Waals surface area contributed by atoms with Crippen LogP contribution in [0.15, 0.2) is 18.2 Å². The predicted octanol–water partition coefficient (Wildman–Crippen LogP) is 1.21. The third-order valence-electron chi connectivity index (χ3n) is 2.91. The van der Waals surface area contributed by atoms with Crippen molar-refractivity contribution in [2.45, 2.75) is 12.8 Å².